The van der Waals surface area contributed by atoms with Crippen LogP contribution in [0.3, 0.4) is 0 Å². The van der Waals surface area contributed by atoms with Crippen LogP contribution in [0.1, 0.15) is 121 Å². The summed E-state index contributed by atoms with van der Waals surface area (Å²) in [5.41, 5.74) is 25.9. The molecule has 23 nitrogen and oxygen atoms in total. The number of hydrogen-bond acceptors (Lipinski definition) is 19. The number of unbranched alkanes of at least 4 members (excludes halogenated alkanes) is 5. The van der Waals surface area contributed by atoms with Crippen LogP contribution in [0.4, 0.5) is 22.2 Å². The summed E-state index contributed by atoms with van der Waals surface area (Å²) in [6.07, 6.45) is 10.6. The fraction of sp³-hybridized carbons (Fsp3) is 0.527. The van der Waals surface area contributed by atoms with E-state index < -0.39 is 5.91 Å². The lowest BCUT2D eigenvalue weighted by molar-refractivity contribution is -0.119. The molecule has 0 aliphatic heterocycles. The van der Waals surface area contributed by atoms with Gasteiger partial charge in [-0.1, -0.05) is 60.3 Å². The number of guanidine groups is 1. The number of benzene rings is 2. The number of nitrogens with one attached hydrogen (secondary N) is 4. The number of urea groups is 1. The zero-order chi connectivity index (χ0) is 57.7. The average Bonchev–Trinajstić information content (AvgIpc) is 3.43. The summed E-state index contributed by atoms with van der Waals surface area (Å²) in [4.78, 5) is 69.1. The van der Waals surface area contributed by atoms with Crippen LogP contribution >= 0.6 is 23.2 Å². The number of aryl methyl sites for hydroxylation is 3. The number of anilines is 3. The lowest BCUT2D eigenvalue weighted by Gasteiger charge is -2.10. The van der Waals surface area contributed by atoms with Gasteiger partial charge in [0.15, 0.2) is 50.9 Å². The summed E-state index contributed by atoms with van der Waals surface area (Å²) in [5, 5.41) is 16.2. The number of nitrogen functional groups attached to an aromatic ring is 3. The molecule has 0 fully saturated rings. The Bertz CT molecular complexity index is 2560. The van der Waals surface area contributed by atoms with Gasteiger partial charge in [-0.2, -0.15) is 0 Å². The Hall–Kier alpha value is -6.76. The molecule has 0 radical (unpaired) electrons. The van der Waals surface area contributed by atoms with Gasteiger partial charge in [-0.05, 0) is 107 Å². The number of Topliss-reactive ketones (excluding diaryl/α,β-unsaturated/α-hetero) is 2. The maximum atomic E-state index is 12.5. The third-order valence-corrected chi connectivity index (χ3v) is 12.6. The molecule has 0 unspecified atom stereocenters. The molecule has 0 saturated carbocycles. The van der Waals surface area contributed by atoms with E-state index in [1.165, 1.54) is 5.56 Å². The number of aromatic nitrogens is 4. The van der Waals surface area contributed by atoms with E-state index in [0.29, 0.717) is 123 Å². The molecule has 2 aromatic carbocycles. The van der Waals surface area contributed by atoms with E-state index in [-0.39, 0.29) is 69.1 Å². The van der Waals surface area contributed by atoms with Gasteiger partial charge in [-0.3, -0.25) is 24.7 Å². The Balaban J connectivity index is 0.841. The van der Waals surface area contributed by atoms with Crippen LogP contribution in [0, 0.1) is 12.3 Å². The van der Waals surface area contributed by atoms with E-state index in [2.05, 4.69) is 40.9 Å². The first-order valence-electron chi connectivity index (χ1n) is 27.0. The molecule has 0 bridgehead atoms. The molecule has 4 rings (SSSR count). The number of rotatable bonds is 42. The molecule has 80 heavy (non-hydrogen) atoms. The molecule has 0 saturated heterocycles. The highest BCUT2D eigenvalue weighted by molar-refractivity contribution is 6.32. The Morgan fingerprint density at radius 1 is 0.562 bits per heavy atom. The van der Waals surface area contributed by atoms with Crippen molar-refractivity contribution in [2.24, 2.45) is 10.7 Å². The first kappa shape index (κ1) is 65.8. The number of ether oxygens (including phenoxy) is 6. The predicted molar refractivity (Wildman–Crippen MR) is 309 cm³/mol. The number of carbonyl (C=O) groups excluding carboxylic acids is 4. The van der Waals surface area contributed by atoms with Crippen molar-refractivity contribution in [2.45, 2.75) is 103 Å². The second kappa shape index (κ2) is 38.8. The molecule has 0 atom stereocenters. The van der Waals surface area contributed by atoms with Crippen LogP contribution in [0.5, 0.6) is 11.5 Å². The summed E-state index contributed by atoms with van der Waals surface area (Å²) in [6, 6.07) is 15.6. The lowest BCUT2D eigenvalue weighted by atomic mass is 10.0. The summed E-state index contributed by atoms with van der Waals surface area (Å²) in [7, 11) is 0. The van der Waals surface area contributed by atoms with Crippen LogP contribution in [-0.4, -0.2) is 141 Å². The zero-order valence-corrected chi connectivity index (χ0v) is 47.3. The lowest BCUT2D eigenvalue weighted by Crippen LogP contribution is -2.38. The fourth-order valence-electron chi connectivity index (χ4n) is 7.60. The van der Waals surface area contributed by atoms with Gasteiger partial charge >= 0.3 is 6.03 Å². The quantitative estimate of drug-likeness (QED) is 0.00975. The fourth-order valence-corrected chi connectivity index (χ4v) is 7.86. The Morgan fingerprint density at radius 3 is 1.74 bits per heavy atom. The van der Waals surface area contributed by atoms with Crippen molar-refractivity contribution in [2.75, 3.05) is 103 Å². The van der Waals surface area contributed by atoms with Crippen LogP contribution in [0.15, 0.2) is 53.5 Å². The summed E-state index contributed by atoms with van der Waals surface area (Å²) in [5.74, 6) is 0.417. The van der Waals surface area contributed by atoms with E-state index >= 15 is 0 Å². The van der Waals surface area contributed by atoms with Crippen molar-refractivity contribution >= 4 is 75.8 Å². The molecule has 12 N–H and O–H groups in total. The number of aliphatic imine (C=N–C) groups is 1. The molecule has 2 aromatic heterocycles. The number of hydrogen-bond donors (Lipinski definition) is 8. The topological polar surface area (TPSA) is 352 Å². The zero-order valence-electron chi connectivity index (χ0n) is 45.8. The van der Waals surface area contributed by atoms with Gasteiger partial charge in [-0.15, -0.1) is 0 Å². The molecule has 2 heterocycles. The number of halogens is 2. The smallest absolute Gasteiger partial charge is 0.314 e. The van der Waals surface area contributed by atoms with Crippen molar-refractivity contribution in [1.82, 2.24) is 35.9 Å². The normalized spacial score (nSPS) is 11.3. The second-order valence-corrected chi connectivity index (χ2v) is 19.2. The molecule has 0 aliphatic carbocycles. The summed E-state index contributed by atoms with van der Waals surface area (Å²) >= 11 is 11.8. The maximum Gasteiger partial charge on any atom is 0.314 e. The van der Waals surface area contributed by atoms with Crippen molar-refractivity contribution < 1.29 is 47.6 Å². The molecule has 4 aromatic rings. The van der Waals surface area contributed by atoms with Crippen LogP contribution in [-0.2, 0) is 36.6 Å². The maximum absolute atomic E-state index is 12.5. The minimum absolute atomic E-state index is 0.0203. The Morgan fingerprint density at radius 2 is 1.09 bits per heavy atom. The van der Waals surface area contributed by atoms with E-state index in [4.69, 9.17) is 80.0 Å². The van der Waals surface area contributed by atoms with Crippen molar-refractivity contribution in [3.05, 3.63) is 87.0 Å². The molecule has 3 amide bonds. The van der Waals surface area contributed by atoms with E-state index in [9.17, 15) is 19.2 Å². The molecule has 0 spiro atoms. The van der Waals surface area contributed by atoms with Gasteiger partial charge in [-0.25, -0.2) is 24.7 Å². The second-order valence-electron chi connectivity index (χ2n) is 18.5. The molecule has 0 aliphatic rings. The molecular weight excluding hydrogens is 1070 g/mol. The van der Waals surface area contributed by atoms with Gasteiger partial charge < -0.3 is 67.4 Å². The highest BCUT2D eigenvalue weighted by Gasteiger charge is 2.18. The van der Waals surface area contributed by atoms with Gasteiger partial charge in [0.05, 0.1) is 58.4 Å². The van der Waals surface area contributed by atoms with Gasteiger partial charge in [0.1, 0.15) is 30.5 Å². The Labute approximate surface area is 478 Å². The number of carbonyl (C=O) groups is 4. The van der Waals surface area contributed by atoms with Crippen LogP contribution < -0.4 is 48.4 Å². The highest BCUT2D eigenvalue weighted by Crippen LogP contribution is 2.20. The standard InChI is InChI=1S/C55H79Cl2N13O10/c1-38-48(56)67-46(50(59)66-38)45(72)37-41(58)13-5-2-4-11-39-16-20-43(21-17-39)79-35-33-77-31-29-75-27-10-15-42(71)14-6-3-8-25-64-55(74)65-26-28-76-30-32-78-34-36-80-44-22-18-40(19-23-44)12-7-9-24-63-54(62)70-53(73)47-51(60)69-52(61)49(57)68-47/h16-23,58H,2-15,24-37H2,1H3,(H2,59,66)(H4,60,61,69)(H2,64,65,74)(H3,62,63,70,73). The van der Waals surface area contributed by atoms with Crippen molar-refractivity contribution in [3.8, 4) is 11.5 Å². The largest absolute Gasteiger partial charge is 0.491 e. The van der Waals surface area contributed by atoms with Crippen LogP contribution in [0.25, 0.3) is 0 Å². The monoisotopic (exact) mass is 1150 g/mol. The molecule has 438 valence electrons. The SMILES string of the molecule is Cc1nc(N)c(C(=O)CC(=N)CCCCCc2ccc(OCCOCCOCCCC(=O)CCCCCNC(=O)NCCOCCOCCOc3ccc(CCCCN=C(N)NC(=O)c4nc(Cl)c(N)nc4N)cc3)cc2)nc1Cl. The van der Waals surface area contributed by atoms with E-state index in [1.54, 1.807) is 6.92 Å². The first-order chi connectivity index (χ1) is 38.7. The number of nitrogens with zero attached hydrogens (tertiary/aromatic N) is 5. The minimum Gasteiger partial charge on any atom is -0.491 e. The summed E-state index contributed by atoms with van der Waals surface area (Å²) < 4.78 is 33.9. The predicted octanol–water partition coefficient (Wildman–Crippen LogP) is 6.82. The number of ketones is 2. The highest BCUT2D eigenvalue weighted by atomic mass is 35.5. The third-order valence-electron chi connectivity index (χ3n) is 11.9. The van der Waals surface area contributed by atoms with Gasteiger partial charge in [0, 0.05) is 44.8 Å². The van der Waals surface area contributed by atoms with E-state index in [0.717, 1.165) is 81.3 Å². The van der Waals surface area contributed by atoms with Crippen molar-refractivity contribution in [1.29, 1.82) is 5.41 Å². The van der Waals surface area contributed by atoms with Crippen LogP contribution in [0.2, 0.25) is 10.3 Å². The molecular formula is C55H79Cl2N13O10. The molecule has 25 heteroatoms. The van der Waals surface area contributed by atoms with Gasteiger partial charge in [0.25, 0.3) is 5.91 Å². The van der Waals surface area contributed by atoms with Gasteiger partial charge in [0.2, 0.25) is 0 Å². The number of amides is 3. The average molecular weight is 1150 g/mol. The number of nitrogens with two attached hydrogens (primary N) is 4. The minimum atomic E-state index is -0.685. The Kier molecular flexibility index (Phi) is 31.9. The first-order valence-corrected chi connectivity index (χ1v) is 27.8. The van der Waals surface area contributed by atoms with E-state index in [1.807, 2.05) is 48.5 Å². The van der Waals surface area contributed by atoms with Crippen molar-refractivity contribution in [3.63, 3.8) is 0 Å². The third kappa shape index (κ3) is 27.9. The summed E-state index contributed by atoms with van der Waals surface area (Å²) in [6.45, 7) is 7.16.